The summed E-state index contributed by atoms with van der Waals surface area (Å²) in [4.78, 5) is 22.4. The van der Waals surface area contributed by atoms with Crippen LogP contribution >= 0.6 is 23.4 Å². The lowest BCUT2D eigenvalue weighted by molar-refractivity contribution is -0.384. The molecule has 1 aromatic carbocycles. The van der Waals surface area contributed by atoms with Crippen LogP contribution in [-0.2, 0) is 11.3 Å². The molecule has 1 amide bonds. The highest BCUT2D eigenvalue weighted by Crippen LogP contribution is 2.28. The summed E-state index contributed by atoms with van der Waals surface area (Å²) in [7, 11) is 0. The Balaban J connectivity index is 1.65. The van der Waals surface area contributed by atoms with Gasteiger partial charge in [-0.3, -0.25) is 19.5 Å². The van der Waals surface area contributed by atoms with Crippen LogP contribution in [0.2, 0.25) is 5.02 Å². The molecule has 0 aliphatic carbocycles. The van der Waals surface area contributed by atoms with Crippen molar-refractivity contribution in [1.29, 1.82) is 0 Å². The van der Waals surface area contributed by atoms with Gasteiger partial charge in [-0.1, -0.05) is 23.4 Å². The molecule has 27 heavy (non-hydrogen) atoms. The van der Waals surface area contributed by atoms with E-state index in [1.165, 1.54) is 30.0 Å². The number of hydrogen-bond donors (Lipinski definition) is 1. The van der Waals surface area contributed by atoms with Crippen LogP contribution in [0.25, 0.3) is 11.6 Å². The third-order valence-corrected chi connectivity index (χ3v) is 4.82. The Labute approximate surface area is 162 Å². The molecule has 0 radical (unpaired) electrons. The van der Waals surface area contributed by atoms with Gasteiger partial charge >= 0.3 is 0 Å². The van der Waals surface area contributed by atoms with Crippen LogP contribution in [0, 0.1) is 10.1 Å². The number of thioether (sulfide) groups is 1. The van der Waals surface area contributed by atoms with Crippen molar-refractivity contribution in [2.45, 2.75) is 18.6 Å². The number of nitrogens with one attached hydrogen (secondary N) is 1. The first-order chi connectivity index (χ1) is 13.0. The highest BCUT2D eigenvalue weighted by atomic mass is 35.5. The first kappa shape index (κ1) is 18.9. The van der Waals surface area contributed by atoms with E-state index in [2.05, 4.69) is 15.5 Å². The zero-order valence-corrected chi connectivity index (χ0v) is 15.7. The largest absolute Gasteiger partial charge is 0.461 e. The quantitative estimate of drug-likeness (QED) is 0.359. The van der Waals surface area contributed by atoms with Crippen LogP contribution in [0.3, 0.4) is 0 Å². The third-order valence-electron chi connectivity index (χ3n) is 3.54. The third kappa shape index (κ3) is 4.29. The number of aromatic nitrogens is 3. The van der Waals surface area contributed by atoms with Crippen LogP contribution in [0.15, 0.2) is 46.2 Å². The molecule has 2 aromatic heterocycles. The molecule has 0 fully saturated rings. The number of rotatable bonds is 7. The second-order valence-electron chi connectivity index (χ2n) is 5.29. The summed E-state index contributed by atoms with van der Waals surface area (Å²) in [5.74, 6) is 0.937. The van der Waals surface area contributed by atoms with Gasteiger partial charge in [-0.05, 0) is 25.1 Å². The van der Waals surface area contributed by atoms with Gasteiger partial charge in [-0.15, -0.1) is 10.2 Å². The lowest BCUT2D eigenvalue weighted by atomic mass is 10.3. The van der Waals surface area contributed by atoms with E-state index in [-0.39, 0.29) is 22.4 Å². The van der Waals surface area contributed by atoms with Crippen molar-refractivity contribution in [2.75, 3.05) is 11.1 Å². The van der Waals surface area contributed by atoms with Gasteiger partial charge in [0.05, 0.1) is 27.6 Å². The Kier molecular flexibility index (Phi) is 5.77. The molecule has 0 unspecified atom stereocenters. The predicted molar refractivity (Wildman–Crippen MR) is 101 cm³/mol. The number of benzene rings is 1. The molecular weight excluding hydrogens is 394 g/mol. The number of amides is 1. The Morgan fingerprint density at radius 3 is 2.85 bits per heavy atom. The smallest absolute Gasteiger partial charge is 0.271 e. The number of anilines is 1. The van der Waals surface area contributed by atoms with Crippen molar-refractivity contribution in [2.24, 2.45) is 0 Å². The van der Waals surface area contributed by atoms with Crippen LogP contribution in [0.4, 0.5) is 11.4 Å². The van der Waals surface area contributed by atoms with Gasteiger partial charge in [0.1, 0.15) is 0 Å². The Bertz CT molecular complexity index is 973. The topological polar surface area (TPSA) is 116 Å². The molecule has 1 N–H and O–H groups in total. The molecule has 140 valence electrons. The van der Waals surface area contributed by atoms with E-state index in [1.807, 2.05) is 11.5 Å². The fourth-order valence-electron chi connectivity index (χ4n) is 2.30. The van der Waals surface area contributed by atoms with Crippen molar-refractivity contribution in [3.8, 4) is 11.6 Å². The highest BCUT2D eigenvalue weighted by Gasteiger charge is 2.17. The number of carbonyl (C=O) groups excluding carboxylic acids is 1. The fraction of sp³-hybridized carbons (Fsp3) is 0.188. The maximum Gasteiger partial charge on any atom is 0.271 e. The van der Waals surface area contributed by atoms with Gasteiger partial charge in [0.15, 0.2) is 16.7 Å². The molecule has 11 heteroatoms. The molecule has 2 heterocycles. The number of non-ortho nitro benzene ring substituents is 1. The summed E-state index contributed by atoms with van der Waals surface area (Å²) in [5.41, 5.74) is 0.162. The first-order valence-corrected chi connectivity index (χ1v) is 9.19. The minimum atomic E-state index is -0.554. The van der Waals surface area contributed by atoms with Crippen molar-refractivity contribution in [3.05, 3.63) is 51.7 Å². The van der Waals surface area contributed by atoms with Crippen molar-refractivity contribution < 1.29 is 14.1 Å². The van der Waals surface area contributed by atoms with Crippen molar-refractivity contribution in [1.82, 2.24) is 14.8 Å². The first-order valence-electron chi connectivity index (χ1n) is 7.83. The number of nitro benzene ring substituents is 1. The molecule has 3 aromatic rings. The van der Waals surface area contributed by atoms with E-state index in [1.54, 1.807) is 18.4 Å². The van der Waals surface area contributed by atoms with E-state index in [4.69, 9.17) is 16.0 Å². The Morgan fingerprint density at radius 2 is 2.22 bits per heavy atom. The summed E-state index contributed by atoms with van der Waals surface area (Å²) in [6.07, 6.45) is 1.55. The number of nitro groups is 1. The molecule has 0 saturated heterocycles. The molecular formula is C16H14ClN5O4S. The summed E-state index contributed by atoms with van der Waals surface area (Å²) < 4.78 is 7.19. The molecule has 9 nitrogen and oxygen atoms in total. The van der Waals surface area contributed by atoms with E-state index < -0.39 is 4.92 Å². The van der Waals surface area contributed by atoms with E-state index >= 15 is 0 Å². The Morgan fingerprint density at radius 1 is 1.41 bits per heavy atom. The van der Waals surface area contributed by atoms with E-state index in [0.29, 0.717) is 29.0 Å². The van der Waals surface area contributed by atoms with Gasteiger partial charge in [-0.25, -0.2) is 0 Å². The monoisotopic (exact) mass is 407 g/mol. The number of hydrogen-bond acceptors (Lipinski definition) is 7. The summed E-state index contributed by atoms with van der Waals surface area (Å²) in [5, 5.41) is 22.2. The molecule has 0 saturated carbocycles. The molecule has 0 aliphatic rings. The van der Waals surface area contributed by atoms with Crippen LogP contribution < -0.4 is 5.32 Å². The van der Waals surface area contributed by atoms with Gasteiger partial charge in [0.25, 0.3) is 5.69 Å². The number of halogens is 1. The van der Waals surface area contributed by atoms with E-state index in [9.17, 15) is 14.9 Å². The van der Waals surface area contributed by atoms with Gasteiger partial charge < -0.3 is 9.73 Å². The summed E-state index contributed by atoms with van der Waals surface area (Å²) in [6, 6.07) is 7.41. The number of furan rings is 1. The fourth-order valence-corrected chi connectivity index (χ4v) is 3.33. The number of carbonyl (C=O) groups is 1. The number of nitrogens with zero attached hydrogens (tertiary/aromatic N) is 4. The molecule has 0 bridgehead atoms. The summed E-state index contributed by atoms with van der Waals surface area (Å²) in [6.45, 7) is 2.55. The maximum atomic E-state index is 12.2. The second-order valence-corrected chi connectivity index (χ2v) is 6.64. The SMILES string of the molecule is CCn1c(SCC(=O)Nc2ccc([N+](=O)[O-])cc2Cl)nnc1-c1ccco1. The zero-order valence-electron chi connectivity index (χ0n) is 14.1. The maximum absolute atomic E-state index is 12.2. The van der Waals surface area contributed by atoms with Crippen LogP contribution in [0.5, 0.6) is 0 Å². The molecule has 0 spiro atoms. The Hall–Kier alpha value is -2.85. The lowest BCUT2D eigenvalue weighted by Crippen LogP contribution is -2.15. The van der Waals surface area contributed by atoms with Crippen LogP contribution in [0.1, 0.15) is 6.92 Å². The minimum absolute atomic E-state index is 0.0730. The van der Waals surface area contributed by atoms with Gasteiger partial charge in [-0.2, -0.15) is 0 Å². The molecule has 3 rings (SSSR count). The molecule has 0 atom stereocenters. The molecule has 0 aliphatic heterocycles. The second kappa shape index (κ2) is 8.23. The zero-order chi connectivity index (χ0) is 19.4. The van der Waals surface area contributed by atoms with Crippen molar-refractivity contribution >= 4 is 40.6 Å². The normalized spacial score (nSPS) is 10.7. The average Bonchev–Trinajstić information content (AvgIpc) is 3.30. The minimum Gasteiger partial charge on any atom is -0.461 e. The van der Waals surface area contributed by atoms with Crippen LogP contribution in [-0.4, -0.2) is 31.3 Å². The highest BCUT2D eigenvalue weighted by molar-refractivity contribution is 7.99. The average molecular weight is 408 g/mol. The van der Waals surface area contributed by atoms with Gasteiger partial charge in [0, 0.05) is 18.7 Å². The van der Waals surface area contributed by atoms with Gasteiger partial charge in [0.2, 0.25) is 5.91 Å². The predicted octanol–water partition coefficient (Wildman–Crippen LogP) is 3.85. The van der Waals surface area contributed by atoms with Crippen molar-refractivity contribution in [3.63, 3.8) is 0 Å². The standard InChI is InChI=1S/C16H14ClN5O4S/c1-2-21-15(13-4-3-7-26-13)19-20-16(21)27-9-14(23)18-12-6-5-10(22(24)25)8-11(12)17/h3-8H,2,9H2,1H3,(H,18,23). The lowest BCUT2D eigenvalue weighted by Gasteiger charge is -2.08. The summed E-state index contributed by atoms with van der Waals surface area (Å²) >= 11 is 7.20. The van der Waals surface area contributed by atoms with E-state index in [0.717, 1.165) is 0 Å².